The van der Waals surface area contributed by atoms with Crippen molar-refractivity contribution in [2.24, 2.45) is 0 Å². The van der Waals surface area contributed by atoms with Gasteiger partial charge >= 0.3 is 7.12 Å². The van der Waals surface area contributed by atoms with Crippen LogP contribution in [0.25, 0.3) is 0 Å². The first-order chi connectivity index (χ1) is 7.69. The van der Waals surface area contributed by atoms with Gasteiger partial charge in [0.15, 0.2) is 0 Å². The Balaban J connectivity index is 2.86. The minimum atomic E-state index is -1.62. The van der Waals surface area contributed by atoms with E-state index < -0.39 is 13.2 Å². The minimum Gasteiger partial charge on any atom is -0.423 e. The van der Waals surface area contributed by atoms with Crippen molar-refractivity contribution in [3.8, 4) is 0 Å². The fraction of sp³-hybridized carbons (Fsp3) is 0.200. The molecule has 1 unspecified atom stereocenters. The Hall–Kier alpha value is -1.66. The van der Waals surface area contributed by atoms with Crippen LogP contribution in [0.3, 0.4) is 0 Å². The molecule has 84 valence electrons. The molecule has 1 aromatic rings. The molecule has 0 bridgehead atoms. The first-order valence-corrected chi connectivity index (χ1v) is 4.79. The van der Waals surface area contributed by atoms with Gasteiger partial charge in [0.1, 0.15) is 12.6 Å². The van der Waals surface area contributed by atoms with Crippen molar-refractivity contribution in [2.75, 3.05) is 5.32 Å². The molecule has 0 saturated carbocycles. The maximum atomic E-state index is 10.6. The molecule has 3 N–H and O–H groups in total. The lowest BCUT2D eigenvalue weighted by Crippen LogP contribution is -2.34. The van der Waals surface area contributed by atoms with Crippen LogP contribution in [0.15, 0.2) is 24.3 Å². The van der Waals surface area contributed by atoms with Crippen LogP contribution in [-0.2, 0) is 9.59 Å². The average Bonchev–Trinajstić information content (AvgIpc) is 2.29. The van der Waals surface area contributed by atoms with Gasteiger partial charge < -0.3 is 25.0 Å². The van der Waals surface area contributed by atoms with Crippen LogP contribution in [0.4, 0.5) is 5.69 Å². The second-order valence-corrected chi connectivity index (χ2v) is 3.25. The number of benzene rings is 1. The molecule has 0 radical (unpaired) electrons. The van der Waals surface area contributed by atoms with Crippen LogP contribution in [0, 0.1) is 0 Å². The topological polar surface area (TPSA) is 86.6 Å². The molecule has 0 amide bonds. The summed E-state index contributed by atoms with van der Waals surface area (Å²) in [6, 6.07) is 5.82. The molecule has 5 nitrogen and oxygen atoms in total. The highest BCUT2D eigenvalue weighted by molar-refractivity contribution is 6.60. The van der Waals surface area contributed by atoms with Crippen molar-refractivity contribution in [3.05, 3.63) is 24.3 Å². The molecule has 1 rings (SSSR count). The second kappa shape index (κ2) is 6.04. The van der Waals surface area contributed by atoms with Gasteiger partial charge in [-0.05, 0) is 6.07 Å². The number of nitrogens with one attached hydrogen (secondary N) is 1. The van der Waals surface area contributed by atoms with E-state index in [1.807, 2.05) is 0 Å². The normalized spacial score (nSPS) is 11.6. The lowest BCUT2D eigenvalue weighted by molar-refractivity contribution is -0.112. The largest absolute Gasteiger partial charge is 0.490 e. The summed E-state index contributed by atoms with van der Waals surface area (Å²) in [7, 11) is -1.62. The summed E-state index contributed by atoms with van der Waals surface area (Å²) in [6.07, 6.45) is 1.28. The maximum Gasteiger partial charge on any atom is 0.490 e. The van der Waals surface area contributed by atoms with E-state index >= 15 is 0 Å². The van der Waals surface area contributed by atoms with Gasteiger partial charge in [-0.25, -0.2) is 0 Å². The van der Waals surface area contributed by atoms with Gasteiger partial charge in [0.05, 0.1) is 6.04 Å². The van der Waals surface area contributed by atoms with E-state index in [9.17, 15) is 9.59 Å². The SMILES string of the molecule is O=CCC(C=O)Nc1ccccc1B(O)O. The molecule has 0 heterocycles. The molecule has 16 heavy (non-hydrogen) atoms. The third kappa shape index (κ3) is 3.18. The van der Waals surface area contributed by atoms with Crippen molar-refractivity contribution in [2.45, 2.75) is 12.5 Å². The van der Waals surface area contributed by atoms with Crippen molar-refractivity contribution in [1.29, 1.82) is 0 Å². The highest BCUT2D eigenvalue weighted by atomic mass is 16.4. The Morgan fingerprint density at radius 1 is 1.31 bits per heavy atom. The highest BCUT2D eigenvalue weighted by Crippen LogP contribution is 2.06. The van der Waals surface area contributed by atoms with Crippen molar-refractivity contribution < 1.29 is 19.6 Å². The zero-order valence-corrected chi connectivity index (χ0v) is 8.54. The fourth-order valence-electron chi connectivity index (χ4n) is 1.31. The highest BCUT2D eigenvalue weighted by Gasteiger charge is 2.17. The standard InChI is InChI=1S/C10H12BNO4/c13-6-5-8(7-14)12-10-4-2-1-3-9(10)11(15)16/h1-4,6-8,12,15-16H,5H2. The second-order valence-electron chi connectivity index (χ2n) is 3.25. The zero-order chi connectivity index (χ0) is 12.0. The predicted molar refractivity (Wildman–Crippen MR) is 60.4 cm³/mol. The molecule has 1 aromatic carbocycles. The third-order valence-corrected chi connectivity index (χ3v) is 2.09. The predicted octanol–water partition coefficient (Wildman–Crippen LogP) is -1.07. The van der Waals surface area contributed by atoms with Crippen molar-refractivity contribution in [1.82, 2.24) is 0 Å². The maximum absolute atomic E-state index is 10.6. The number of hydrogen-bond acceptors (Lipinski definition) is 5. The third-order valence-electron chi connectivity index (χ3n) is 2.09. The van der Waals surface area contributed by atoms with Crippen LogP contribution >= 0.6 is 0 Å². The molecule has 6 heteroatoms. The van der Waals surface area contributed by atoms with Gasteiger partial charge in [0.2, 0.25) is 0 Å². The number of carbonyl (C=O) groups is 2. The molecule has 0 saturated heterocycles. The molecule has 1 atom stereocenters. The Labute approximate surface area is 93.2 Å². The number of rotatable bonds is 6. The summed E-state index contributed by atoms with van der Waals surface area (Å²) in [4.78, 5) is 20.9. The van der Waals surface area contributed by atoms with E-state index in [1.54, 1.807) is 18.2 Å². The van der Waals surface area contributed by atoms with Gasteiger partial charge in [-0.1, -0.05) is 18.2 Å². The van der Waals surface area contributed by atoms with Crippen molar-refractivity contribution >= 4 is 30.8 Å². The Kier molecular flexibility index (Phi) is 4.69. The van der Waals surface area contributed by atoms with Gasteiger partial charge in [-0.3, -0.25) is 0 Å². The van der Waals surface area contributed by atoms with Gasteiger partial charge in [-0.2, -0.15) is 0 Å². The Morgan fingerprint density at radius 2 is 2.00 bits per heavy atom. The van der Waals surface area contributed by atoms with Crippen LogP contribution in [-0.4, -0.2) is 35.8 Å². The summed E-state index contributed by atoms with van der Waals surface area (Å²) in [5, 5.41) is 20.9. The summed E-state index contributed by atoms with van der Waals surface area (Å²) < 4.78 is 0. The quantitative estimate of drug-likeness (QED) is 0.420. The molecule has 0 aliphatic rings. The number of para-hydroxylation sites is 1. The lowest BCUT2D eigenvalue weighted by Gasteiger charge is -2.14. The summed E-state index contributed by atoms with van der Waals surface area (Å²) >= 11 is 0. The Bertz CT molecular complexity index is 370. The van der Waals surface area contributed by atoms with E-state index in [0.717, 1.165) is 0 Å². The van der Waals surface area contributed by atoms with Crippen LogP contribution in [0.2, 0.25) is 0 Å². The van der Waals surface area contributed by atoms with Crippen LogP contribution < -0.4 is 10.8 Å². The van der Waals surface area contributed by atoms with E-state index in [-0.39, 0.29) is 11.9 Å². The van der Waals surface area contributed by atoms with Gasteiger partial charge in [0.25, 0.3) is 0 Å². The lowest BCUT2D eigenvalue weighted by atomic mass is 9.79. The number of carbonyl (C=O) groups excluding carboxylic acids is 2. The molecular weight excluding hydrogens is 209 g/mol. The summed E-state index contributed by atoms with van der Waals surface area (Å²) in [5.41, 5.74) is 0.691. The molecule has 0 fully saturated rings. The molecule has 0 aromatic heterocycles. The fourth-order valence-corrected chi connectivity index (χ4v) is 1.31. The van der Waals surface area contributed by atoms with E-state index in [4.69, 9.17) is 10.0 Å². The number of aldehydes is 2. The zero-order valence-electron chi connectivity index (χ0n) is 8.54. The Morgan fingerprint density at radius 3 is 2.56 bits per heavy atom. The van der Waals surface area contributed by atoms with Gasteiger partial charge in [-0.15, -0.1) is 0 Å². The molecule has 0 aliphatic heterocycles. The molecule has 0 aliphatic carbocycles. The summed E-state index contributed by atoms with van der Waals surface area (Å²) in [5.74, 6) is 0. The van der Waals surface area contributed by atoms with E-state index in [0.29, 0.717) is 18.3 Å². The van der Waals surface area contributed by atoms with Crippen LogP contribution in [0.5, 0.6) is 0 Å². The van der Waals surface area contributed by atoms with Crippen LogP contribution in [0.1, 0.15) is 6.42 Å². The number of anilines is 1. The minimum absolute atomic E-state index is 0.0410. The number of hydrogen-bond donors (Lipinski definition) is 3. The summed E-state index contributed by atoms with van der Waals surface area (Å²) in [6.45, 7) is 0. The monoisotopic (exact) mass is 221 g/mol. The van der Waals surface area contributed by atoms with Gasteiger partial charge in [0, 0.05) is 17.6 Å². The first kappa shape index (κ1) is 12.4. The van der Waals surface area contributed by atoms with E-state index in [2.05, 4.69) is 5.32 Å². The smallest absolute Gasteiger partial charge is 0.423 e. The average molecular weight is 221 g/mol. The molecular formula is C10H12BNO4. The van der Waals surface area contributed by atoms with E-state index in [1.165, 1.54) is 6.07 Å². The first-order valence-electron chi connectivity index (χ1n) is 4.79. The van der Waals surface area contributed by atoms with Crippen molar-refractivity contribution in [3.63, 3.8) is 0 Å². The molecule has 0 spiro atoms.